The number of nitrogens with one attached hydrogen (secondary N) is 2. The second-order valence-corrected chi connectivity index (χ2v) is 5.79. The Kier molecular flexibility index (Phi) is 4.41. The number of methoxy groups -OCH3 is 1. The molecule has 1 amide bonds. The molecular formula is C16H22N2O3. The fraction of sp³-hybridized carbons (Fsp3) is 0.562. The summed E-state index contributed by atoms with van der Waals surface area (Å²) in [6.45, 7) is 0.289. The predicted molar refractivity (Wildman–Crippen MR) is 78.9 cm³/mol. The highest BCUT2D eigenvalue weighted by Gasteiger charge is 2.42. The lowest BCUT2D eigenvalue weighted by molar-refractivity contribution is 0.0273. The van der Waals surface area contributed by atoms with Crippen molar-refractivity contribution in [3.63, 3.8) is 0 Å². The number of benzene rings is 1. The highest BCUT2D eigenvalue weighted by atomic mass is 16.5. The van der Waals surface area contributed by atoms with Crippen LogP contribution in [0.2, 0.25) is 0 Å². The molecular weight excluding hydrogens is 268 g/mol. The fourth-order valence-corrected chi connectivity index (χ4v) is 3.34. The molecule has 5 nitrogen and oxygen atoms in total. The average Bonchev–Trinajstić information content (AvgIpc) is 2.92. The van der Waals surface area contributed by atoms with Crippen molar-refractivity contribution in [3.05, 3.63) is 35.9 Å². The van der Waals surface area contributed by atoms with Gasteiger partial charge in [0, 0.05) is 19.2 Å². The maximum absolute atomic E-state index is 12.0. The van der Waals surface area contributed by atoms with Crippen LogP contribution >= 0.6 is 0 Å². The van der Waals surface area contributed by atoms with Crippen LogP contribution in [0.3, 0.4) is 0 Å². The van der Waals surface area contributed by atoms with E-state index in [-0.39, 0.29) is 30.9 Å². The third-order valence-corrected chi connectivity index (χ3v) is 4.43. The van der Waals surface area contributed by atoms with Gasteiger partial charge in [0.1, 0.15) is 6.61 Å². The molecule has 0 aromatic heterocycles. The van der Waals surface area contributed by atoms with Crippen LogP contribution < -0.4 is 10.6 Å². The topological polar surface area (TPSA) is 59.6 Å². The van der Waals surface area contributed by atoms with Gasteiger partial charge >= 0.3 is 6.09 Å². The number of hydrogen-bond acceptors (Lipinski definition) is 4. The molecule has 4 atom stereocenters. The van der Waals surface area contributed by atoms with Gasteiger partial charge < -0.3 is 20.1 Å². The molecule has 1 aromatic carbocycles. The van der Waals surface area contributed by atoms with Gasteiger partial charge in [-0.15, -0.1) is 0 Å². The molecule has 2 saturated heterocycles. The van der Waals surface area contributed by atoms with Crippen LogP contribution in [0.1, 0.15) is 24.8 Å². The standard InChI is InChI=1S/C16H22N2O3/c1-20-14-9-12-7-8-13(17-12)15(14)18-16(19)21-10-11-5-3-2-4-6-11/h2-6,12-15,17H,7-10H2,1H3,(H,18,19)/t12-,13+,14+,15-/m0/s1. The van der Waals surface area contributed by atoms with E-state index in [2.05, 4.69) is 10.6 Å². The van der Waals surface area contributed by atoms with Crippen LogP contribution in [0.4, 0.5) is 4.79 Å². The molecule has 0 unspecified atom stereocenters. The van der Waals surface area contributed by atoms with Crippen molar-refractivity contribution in [2.75, 3.05) is 7.11 Å². The zero-order chi connectivity index (χ0) is 14.7. The van der Waals surface area contributed by atoms with E-state index in [1.807, 2.05) is 30.3 Å². The number of amides is 1. The number of carbonyl (C=O) groups excluding carboxylic acids is 1. The Morgan fingerprint density at radius 3 is 2.90 bits per heavy atom. The minimum atomic E-state index is -0.377. The quantitative estimate of drug-likeness (QED) is 0.888. The summed E-state index contributed by atoms with van der Waals surface area (Å²) in [5.74, 6) is 0. The summed E-state index contributed by atoms with van der Waals surface area (Å²) in [4.78, 5) is 12.0. The van der Waals surface area contributed by atoms with Gasteiger partial charge in [-0.2, -0.15) is 0 Å². The van der Waals surface area contributed by atoms with E-state index in [4.69, 9.17) is 9.47 Å². The molecule has 2 aliphatic rings. The Morgan fingerprint density at radius 1 is 1.33 bits per heavy atom. The van der Waals surface area contributed by atoms with Crippen molar-refractivity contribution in [1.29, 1.82) is 0 Å². The number of ether oxygens (including phenoxy) is 2. The van der Waals surface area contributed by atoms with Crippen molar-refractivity contribution >= 4 is 6.09 Å². The highest BCUT2D eigenvalue weighted by Crippen LogP contribution is 2.28. The number of fused-ring (bicyclic) bond motifs is 2. The van der Waals surface area contributed by atoms with Crippen LogP contribution in [0.5, 0.6) is 0 Å². The van der Waals surface area contributed by atoms with E-state index in [1.165, 1.54) is 0 Å². The lowest BCUT2D eigenvalue weighted by Crippen LogP contribution is -2.60. The van der Waals surface area contributed by atoms with Gasteiger partial charge in [-0.1, -0.05) is 30.3 Å². The van der Waals surface area contributed by atoms with E-state index in [1.54, 1.807) is 7.11 Å². The van der Waals surface area contributed by atoms with Crippen LogP contribution in [0, 0.1) is 0 Å². The van der Waals surface area contributed by atoms with Gasteiger partial charge in [-0.05, 0) is 24.8 Å². The first-order valence-electron chi connectivity index (χ1n) is 7.52. The Hall–Kier alpha value is -1.59. The fourth-order valence-electron chi connectivity index (χ4n) is 3.34. The Morgan fingerprint density at radius 2 is 2.14 bits per heavy atom. The minimum absolute atomic E-state index is 0.0166. The van der Waals surface area contributed by atoms with Crippen LogP contribution in [-0.4, -0.2) is 37.4 Å². The van der Waals surface area contributed by atoms with Crippen LogP contribution in [0.25, 0.3) is 0 Å². The first-order chi connectivity index (χ1) is 10.3. The molecule has 2 N–H and O–H groups in total. The normalized spacial score (nSPS) is 30.9. The van der Waals surface area contributed by atoms with Crippen molar-refractivity contribution in [3.8, 4) is 0 Å². The number of carbonyl (C=O) groups is 1. The van der Waals surface area contributed by atoms with Crippen molar-refractivity contribution in [2.24, 2.45) is 0 Å². The first kappa shape index (κ1) is 14.4. The molecule has 0 radical (unpaired) electrons. The summed E-state index contributed by atoms with van der Waals surface area (Å²) in [5, 5.41) is 6.50. The van der Waals surface area contributed by atoms with E-state index in [9.17, 15) is 4.79 Å². The second kappa shape index (κ2) is 6.45. The van der Waals surface area contributed by atoms with E-state index in [0.29, 0.717) is 6.04 Å². The van der Waals surface area contributed by atoms with Gasteiger partial charge in [0.25, 0.3) is 0 Å². The number of hydrogen-bond donors (Lipinski definition) is 2. The first-order valence-corrected chi connectivity index (χ1v) is 7.52. The third kappa shape index (κ3) is 3.36. The lowest BCUT2D eigenvalue weighted by Gasteiger charge is -2.36. The molecule has 3 rings (SSSR count). The second-order valence-electron chi connectivity index (χ2n) is 5.79. The van der Waals surface area contributed by atoms with Crippen LogP contribution in [0.15, 0.2) is 30.3 Å². The van der Waals surface area contributed by atoms with Gasteiger partial charge in [-0.3, -0.25) is 0 Å². The molecule has 21 heavy (non-hydrogen) atoms. The van der Waals surface area contributed by atoms with Gasteiger partial charge in [0.05, 0.1) is 12.1 Å². The van der Waals surface area contributed by atoms with Crippen molar-refractivity contribution in [2.45, 2.75) is 50.1 Å². The minimum Gasteiger partial charge on any atom is -0.445 e. The maximum atomic E-state index is 12.0. The Balaban J connectivity index is 1.53. The number of alkyl carbamates (subject to hydrolysis) is 1. The summed E-state index contributed by atoms with van der Waals surface area (Å²) in [5.41, 5.74) is 0.985. The molecule has 0 aliphatic carbocycles. The molecule has 2 fully saturated rings. The number of piperidine rings is 1. The molecule has 2 bridgehead atoms. The molecule has 1 aromatic rings. The zero-order valence-electron chi connectivity index (χ0n) is 12.2. The predicted octanol–water partition coefficient (Wildman–Crippen LogP) is 1.82. The van der Waals surface area contributed by atoms with E-state index >= 15 is 0 Å². The van der Waals surface area contributed by atoms with Crippen molar-refractivity contribution < 1.29 is 14.3 Å². The SMILES string of the molecule is CO[C@@H]1C[C@@H]2CC[C@@H](N2)[C@@H]1NC(=O)OCc1ccccc1. The summed E-state index contributed by atoms with van der Waals surface area (Å²) in [6, 6.07) is 10.5. The molecule has 5 heteroatoms. The van der Waals surface area contributed by atoms with Gasteiger partial charge in [0.15, 0.2) is 0 Å². The maximum Gasteiger partial charge on any atom is 0.407 e. The smallest absolute Gasteiger partial charge is 0.407 e. The average molecular weight is 290 g/mol. The summed E-state index contributed by atoms with van der Waals surface area (Å²) in [7, 11) is 1.71. The summed E-state index contributed by atoms with van der Waals surface area (Å²) in [6.07, 6.45) is 2.86. The molecule has 114 valence electrons. The lowest BCUT2D eigenvalue weighted by atomic mass is 9.96. The molecule has 0 saturated carbocycles. The molecule has 2 aliphatic heterocycles. The third-order valence-electron chi connectivity index (χ3n) is 4.43. The van der Waals surface area contributed by atoms with E-state index in [0.717, 1.165) is 24.8 Å². The summed E-state index contributed by atoms with van der Waals surface area (Å²) < 4.78 is 10.8. The van der Waals surface area contributed by atoms with Crippen LogP contribution in [-0.2, 0) is 16.1 Å². The Bertz CT molecular complexity index is 480. The number of rotatable bonds is 4. The van der Waals surface area contributed by atoms with Gasteiger partial charge in [-0.25, -0.2) is 4.79 Å². The van der Waals surface area contributed by atoms with Gasteiger partial charge in [0.2, 0.25) is 0 Å². The van der Waals surface area contributed by atoms with E-state index < -0.39 is 0 Å². The monoisotopic (exact) mass is 290 g/mol. The molecule has 2 heterocycles. The zero-order valence-corrected chi connectivity index (χ0v) is 12.2. The highest BCUT2D eigenvalue weighted by molar-refractivity contribution is 5.68. The Labute approximate surface area is 125 Å². The molecule has 0 spiro atoms. The van der Waals surface area contributed by atoms with Crippen molar-refractivity contribution in [1.82, 2.24) is 10.6 Å². The summed E-state index contributed by atoms with van der Waals surface area (Å²) >= 11 is 0. The largest absolute Gasteiger partial charge is 0.445 e.